The molecule has 0 radical (unpaired) electrons. The van der Waals surface area contributed by atoms with Gasteiger partial charge in [0.15, 0.2) is 5.16 Å². The Bertz CT molecular complexity index is 1290. The first kappa shape index (κ1) is 21.5. The van der Waals surface area contributed by atoms with Crippen LogP contribution < -0.4 is 10.9 Å². The number of benzene rings is 1. The molecule has 1 N–H and O–H groups in total. The molecule has 1 amide bonds. The van der Waals surface area contributed by atoms with Crippen LogP contribution in [0.5, 0.6) is 0 Å². The number of aromatic nitrogens is 3. The third-order valence-corrected chi connectivity index (χ3v) is 7.20. The molecule has 0 aliphatic rings. The van der Waals surface area contributed by atoms with E-state index in [4.69, 9.17) is 4.98 Å². The van der Waals surface area contributed by atoms with Crippen LogP contribution in [0.3, 0.4) is 0 Å². The van der Waals surface area contributed by atoms with Crippen molar-refractivity contribution < 1.29 is 4.79 Å². The van der Waals surface area contributed by atoms with Gasteiger partial charge in [0.25, 0.3) is 5.56 Å². The van der Waals surface area contributed by atoms with Gasteiger partial charge >= 0.3 is 0 Å². The average Bonchev–Trinajstić information content (AvgIpc) is 3.14. The zero-order valence-electron chi connectivity index (χ0n) is 17.7. The molecule has 8 heteroatoms. The van der Waals surface area contributed by atoms with E-state index in [-0.39, 0.29) is 23.3 Å². The van der Waals surface area contributed by atoms with Crippen LogP contribution in [-0.2, 0) is 11.3 Å². The minimum absolute atomic E-state index is 0.0626. The molecule has 6 nitrogen and oxygen atoms in total. The first-order valence-corrected chi connectivity index (χ1v) is 12.0. The van der Waals surface area contributed by atoms with Gasteiger partial charge in [-0.15, -0.1) is 11.3 Å². The first-order chi connectivity index (χ1) is 15.0. The quantitative estimate of drug-likeness (QED) is 0.333. The van der Waals surface area contributed by atoms with E-state index in [2.05, 4.69) is 10.3 Å². The summed E-state index contributed by atoms with van der Waals surface area (Å²) in [6.45, 7) is 6.44. The molecule has 0 saturated heterocycles. The topological polar surface area (TPSA) is 76.9 Å². The molecule has 4 rings (SSSR count). The zero-order chi connectivity index (χ0) is 22.0. The van der Waals surface area contributed by atoms with Crippen molar-refractivity contribution in [2.45, 2.75) is 44.9 Å². The monoisotopic (exact) mass is 452 g/mol. The van der Waals surface area contributed by atoms with Crippen molar-refractivity contribution in [2.75, 3.05) is 5.75 Å². The van der Waals surface area contributed by atoms with Crippen molar-refractivity contribution in [3.05, 3.63) is 64.1 Å². The third-order valence-electron chi connectivity index (χ3n) is 5.13. The number of carbonyl (C=O) groups is 1. The number of aryl methyl sites for hydroxylation is 1. The Morgan fingerprint density at radius 3 is 2.77 bits per heavy atom. The summed E-state index contributed by atoms with van der Waals surface area (Å²) in [4.78, 5) is 35.8. The number of hydrogen-bond acceptors (Lipinski definition) is 6. The fourth-order valence-electron chi connectivity index (χ4n) is 3.22. The summed E-state index contributed by atoms with van der Waals surface area (Å²) in [5, 5.41) is 4.38. The van der Waals surface area contributed by atoms with Crippen molar-refractivity contribution in [1.82, 2.24) is 19.9 Å². The van der Waals surface area contributed by atoms with Crippen molar-refractivity contribution in [3.63, 3.8) is 0 Å². The van der Waals surface area contributed by atoms with Crippen LogP contribution in [0.2, 0.25) is 0 Å². The van der Waals surface area contributed by atoms with Crippen LogP contribution in [0, 0.1) is 6.92 Å². The highest BCUT2D eigenvalue weighted by Gasteiger charge is 2.18. The molecular formula is C23H24N4O2S2. The lowest BCUT2D eigenvalue weighted by molar-refractivity contribution is -0.119. The Labute approximate surface area is 188 Å². The highest BCUT2D eigenvalue weighted by atomic mass is 32.2. The van der Waals surface area contributed by atoms with Gasteiger partial charge in [-0.25, -0.2) is 9.97 Å². The van der Waals surface area contributed by atoms with Crippen LogP contribution in [0.1, 0.15) is 31.4 Å². The van der Waals surface area contributed by atoms with Crippen molar-refractivity contribution in [3.8, 4) is 0 Å². The molecule has 31 heavy (non-hydrogen) atoms. The van der Waals surface area contributed by atoms with Gasteiger partial charge in [-0.3, -0.25) is 14.2 Å². The number of rotatable bonds is 7. The Kier molecular flexibility index (Phi) is 6.38. The fraction of sp³-hybridized carbons (Fsp3) is 0.304. The standard InChI is InChI=1S/C23H24N4O2S2/c1-4-15(3)25-18(28)13-30-23-26-19-17-6-5-11-24-21(17)31-20(19)22(29)27(23)12-16-9-7-14(2)8-10-16/h5-11,15H,4,12-13H2,1-3H3,(H,25,28). The molecular weight excluding hydrogens is 428 g/mol. The van der Waals surface area contributed by atoms with Crippen molar-refractivity contribution in [1.29, 1.82) is 0 Å². The summed E-state index contributed by atoms with van der Waals surface area (Å²) in [6.07, 6.45) is 2.59. The molecule has 0 aliphatic heterocycles. The molecule has 1 aromatic carbocycles. The van der Waals surface area contributed by atoms with Crippen LogP contribution in [0.25, 0.3) is 20.4 Å². The van der Waals surface area contributed by atoms with E-state index < -0.39 is 0 Å². The Balaban J connectivity index is 1.76. The van der Waals surface area contributed by atoms with Gasteiger partial charge in [0.2, 0.25) is 5.91 Å². The SMILES string of the molecule is CCC(C)NC(=O)CSc1nc2c(sc3ncccc32)c(=O)n1Cc1ccc(C)cc1. The summed E-state index contributed by atoms with van der Waals surface area (Å²) in [5.41, 5.74) is 2.73. The summed E-state index contributed by atoms with van der Waals surface area (Å²) in [7, 11) is 0. The Morgan fingerprint density at radius 2 is 2.03 bits per heavy atom. The lowest BCUT2D eigenvalue weighted by Crippen LogP contribution is -2.33. The molecule has 160 valence electrons. The fourth-order valence-corrected chi connectivity index (χ4v) is 5.05. The molecule has 0 saturated carbocycles. The van der Waals surface area contributed by atoms with Gasteiger partial charge < -0.3 is 5.32 Å². The highest BCUT2D eigenvalue weighted by molar-refractivity contribution is 7.99. The van der Waals surface area contributed by atoms with E-state index in [9.17, 15) is 9.59 Å². The lowest BCUT2D eigenvalue weighted by Gasteiger charge is -2.14. The van der Waals surface area contributed by atoms with Gasteiger partial charge in [0.05, 0.1) is 17.8 Å². The predicted molar refractivity (Wildman–Crippen MR) is 128 cm³/mol. The molecule has 0 fully saturated rings. The van der Waals surface area contributed by atoms with Crippen molar-refractivity contribution in [2.24, 2.45) is 0 Å². The number of hydrogen-bond donors (Lipinski definition) is 1. The first-order valence-electron chi connectivity index (χ1n) is 10.2. The number of nitrogens with zero attached hydrogens (tertiary/aromatic N) is 3. The minimum atomic E-state index is -0.0987. The molecule has 3 aromatic heterocycles. The smallest absolute Gasteiger partial charge is 0.272 e. The number of thioether (sulfide) groups is 1. The maximum absolute atomic E-state index is 13.5. The summed E-state index contributed by atoms with van der Waals surface area (Å²) in [6, 6.07) is 12.0. The van der Waals surface area contributed by atoms with Gasteiger partial charge in [0, 0.05) is 17.6 Å². The van der Waals surface area contributed by atoms with Crippen LogP contribution in [0.4, 0.5) is 0 Å². The largest absolute Gasteiger partial charge is 0.353 e. The van der Waals surface area contributed by atoms with E-state index in [1.165, 1.54) is 23.1 Å². The van der Waals surface area contributed by atoms with Gasteiger partial charge in [-0.1, -0.05) is 48.5 Å². The summed E-state index contributed by atoms with van der Waals surface area (Å²) in [5.74, 6) is 0.142. The number of nitrogens with one attached hydrogen (secondary N) is 1. The molecule has 0 bridgehead atoms. The molecule has 4 aromatic rings. The van der Waals surface area contributed by atoms with E-state index in [1.54, 1.807) is 10.8 Å². The Morgan fingerprint density at radius 1 is 1.26 bits per heavy atom. The molecule has 0 spiro atoms. The number of pyridine rings is 1. The number of carbonyl (C=O) groups excluding carboxylic acids is 1. The number of fused-ring (bicyclic) bond motifs is 3. The molecule has 3 heterocycles. The van der Waals surface area contributed by atoms with E-state index in [0.29, 0.717) is 21.9 Å². The van der Waals surface area contributed by atoms with Crippen molar-refractivity contribution >= 4 is 49.4 Å². The molecule has 1 unspecified atom stereocenters. The maximum Gasteiger partial charge on any atom is 0.272 e. The predicted octanol–water partition coefficient (Wildman–Crippen LogP) is 4.37. The maximum atomic E-state index is 13.5. The van der Waals surface area contributed by atoms with E-state index in [0.717, 1.165) is 27.8 Å². The summed E-state index contributed by atoms with van der Waals surface area (Å²) >= 11 is 2.66. The zero-order valence-corrected chi connectivity index (χ0v) is 19.3. The van der Waals surface area contributed by atoms with Gasteiger partial charge in [-0.2, -0.15) is 0 Å². The molecule has 1 atom stereocenters. The average molecular weight is 453 g/mol. The second kappa shape index (κ2) is 9.20. The normalized spacial score (nSPS) is 12.4. The van der Waals surface area contributed by atoms with Gasteiger partial charge in [0.1, 0.15) is 9.53 Å². The number of thiophene rings is 1. The third kappa shape index (κ3) is 4.65. The van der Waals surface area contributed by atoms with E-state index >= 15 is 0 Å². The second-order valence-electron chi connectivity index (χ2n) is 7.57. The molecule has 0 aliphatic carbocycles. The van der Waals surface area contributed by atoms with E-state index in [1.807, 2.05) is 57.2 Å². The second-order valence-corrected chi connectivity index (χ2v) is 9.51. The number of amides is 1. The van der Waals surface area contributed by atoms with Gasteiger partial charge in [-0.05, 0) is 38.0 Å². The Hall–Kier alpha value is -2.71. The minimum Gasteiger partial charge on any atom is -0.353 e. The summed E-state index contributed by atoms with van der Waals surface area (Å²) < 4.78 is 2.26. The van der Waals surface area contributed by atoms with Crippen LogP contribution in [-0.4, -0.2) is 32.2 Å². The highest BCUT2D eigenvalue weighted by Crippen LogP contribution is 2.30. The lowest BCUT2D eigenvalue weighted by atomic mass is 10.1. The van der Waals surface area contributed by atoms with Crippen LogP contribution >= 0.6 is 23.1 Å². The van der Waals surface area contributed by atoms with Crippen LogP contribution in [0.15, 0.2) is 52.5 Å².